The zero-order chi connectivity index (χ0) is 8.36. The zero-order valence-corrected chi connectivity index (χ0v) is 7.96. The lowest BCUT2D eigenvalue weighted by Crippen LogP contribution is -1.82. The first kappa shape index (κ1) is 10.9. The van der Waals surface area contributed by atoms with Crippen molar-refractivity contribution in [2.75, 3.05) is 11.5 Å². The van der Waals surface area contributed by atoms with E-state index in [2.05, 4.69) is 12.8 Å². The van der Waals surface area contributed by atoms with Gasteiger partial charge in [0.15, 0.2) is 0 Å². The summed E-state index contributed by atoms with van der Waals surface area (Å²) in [4.78, 5) is 0. The van der Waals surface area contributed by atoms with Crippen molar-refractivity contribution in [3.63, 3.8) is 0 Å². The van der Waals surface area contributed by atoms with Crippen LogP contribution in [0.3, 0.4) is 0 Å². The van der Waals surface area contributed by atoms with Gasteiger partial charge in [-0.25, -0.2) is 0 Å². The maximum absolute atomic E-state index is 5.13. The van der Waals surface area contributed by atoms with Crippen LogP contribution in [0.2, 0.25) is 0 Å². The molecular weight excluding hydrogens is 152 g/mol. The average molecular weight is 169 g/mol. The zero-order valence-electron chi connectivity index (χ0n) is 7.14. The van der Waals surface area contributed by atoms with E-state index < -0.39 is 0 Å². The van der Waals surface area contributed by atoms with E-state index in [1.807, 2.05) is 11.8 Å². The van der Waals surface area contributed by atoms with E-state index in [1.54, 1.807) is 0 Å². The molecule has 0 spiro atoms. The molecule has 0 aromatic heterocycles. The number of hydrogen-bond acceptors (Lipinski definition) is 1. The minimum atomic E-state index is 0.947. The highest BCUT2D eigenvalue weighted by Crippen LogP contribution is 2.07. The summed E-state index contributed by atoms with van der Waals surface area (Å²) in [5.41, 5.74) is 0. The van der Waals surface area contributed by atoms with E-state index in [-0.39, 0.29) is 0 Å². The van der Waals surface area contributed by atoms with Crippen LogP contribution < -0.4 is 0 Å². The Bertz CT molecular complexity index is 102. The van der Waals surface area contributed by atoms with E-state index in [1.165, 1.54) is 31.4 Å². The number of unbranched alkanes of at least 4 members (excludes halogenated alkanes) is 4. The normalized spacial score (nSPS) is 9.45. The third-order valence-electron chi connectivity index (χ3n) is 1.50. The molecule has 0 aromatic carbocycles. The molecule has 63 valence electrons. The fourth-order valence-electron chi connectivity index (χ4n) is 0.887. The fourth-order valence-corrected chi connectivity index (χ4v) is 1.50. The predicted octanol–water partition coefficient (Wildman–Crippen LogP) is 3.14. The minimum absolute atomic E-state index is 0.947. The first-order valence-electron chi connectivity index (χ1n) is 4.22. The van der Waals surface area contributed by atoms with Gasteiger partial charge >= 0.3 is 0 Å². The molecule has 11 heavy (non-hydrogen) atoms. The molecule has 0 aliphatic heterocycles. The Morgan fingerprint density at radius 1 is 1.18 bits per heavy atom. The third-order valence-corrected chi connectivity index (χ3v) is 2.37. The highest BCUT2D eigenvalue weighted by Gasteiger charge is 1.88. The lowest BCUT2D eigenvalue weighted by molar-refractivity contribution is 0.684. The smallest absolute Gasteiger partial charge is 0.00860 e. The van der Waals surface area contributed by atoms with Gasteiger partial charge in [0, 0.05) is 6.42 Å². The lowest BCUT2D eigenvalue weighted by Gasteiger charge is -1.97. The van der Waals surface area contributed by atoms with Crippen molar-refractivity contribution in [1.82, 2.24) is 0 Å². The molecule has 0 aliphatic rings. The first-order valence-corrected chi connectivity index (χ1v) is 5.37. The topological polar surface area (TPSA) is 0 Å². The molecular formula is C10H17S. The molecule has 0 rings (SSSR count). The van der Waals surface area contributed by atoms with E-state index in [0.29, 0.717) is 0 Å². The van der Waals surface area contributed by atoms with E-state index in [4.69, 9.17) is 6.42 Å². The van der Waals surface area contributed by atoms with Gasteiger partial charge in [0.25, 0.3) is 0 Å². The van der Waals surface area contributed by atoms with E-state index >= 15 is 0 Å². The van der Waals surface area contributed by atoms with Crippen molar-refractivity contribution in [2.45, 2.75) is 32.1 Å². The van der Waals surface area contributed by atoms with Crippen LogP contribution in [0, 0.1) is 19.3 Å². The second-order valence-electron chi connectivity index (χ2n) is 2.48. The summed E-state index contributed by atoms with van der Waals surface area (Å²) in [6.45, 7) is 3.77. The van der Waals surface area contributed by atoms with Crippen LogP contribution in [-0.4, -0.2) is 11.5 Å². The standard InChI is InChI=1S/C10H17S/c1-3-5-6-7-8-9-10-11-4-2/h1H,2,4-10H2. The SMILES string of the molecule is C#CCCCCCCSC[CH2]. The Kier molecular flexibility index (Phi) is 9.83. The fraction of sp³-hybridized carbons (Fsp3) is 0.700. The van der Waals surface area contributed by atoms with Crippen molar-refractivity contribution in [2.24, 2.45) is 0 Å². The Hall–Kier alpha value is -0.0900. The molecule has 0 amide bonds. The summed E-state index contributed by atoms with van der Waals surface area (Å²) in [5.74, 6) is 4.92. The Morgan fingerprint density at radius 2 is 1.91 bits per heavy atom. The Morgan fingerprint density at radius 3 is 2.55 bits per heavy atom. The van der Waals surface area contributed by atoms with Crippen LogP contribution in [0.1, 0.15) is 32.1 Å². The quantitative estimate of drug-likeness (QED) is 0.417. The second-order valence-corrected chi connectivity index (χ2v) is 3.71. The lowest BCUT2D eigenvalue weighted by atomic mass is 10.2. The Labute approximate surface area is 75.1 Å². The highest BCUT2D eigenvalue weighted by atomic mass is 32.2. The van der Waals surface area contributed by atoms with Crippen LogP contribution in [-0.2, 0) is 0 Å². The summed E-state index contributed by atoms with van der Waals surface area (Å²) >= 11 is 1.92. The molecule has 0 N–H and O–H groups in total. The first-order chi connectivity index (χ1) is 5.41. The van der Waals surface area contributed by atoms with Crippen LogP contribution in [0.25, 0.3) is 0 Å². The number of terminal acetylenes is 1. The number of thioether (sulfide) groups is 1. The van der Waals surface area contributed by atoms with Gasteiger partial charge in [-0.1, -0.05) is 12.8 Å². The third kappa shape index (κ3) is 9.91. The summed E-state index contributed by atoms with van der Waals surface area (Å²) in [7, 11) is 0. The largest absolute Gasteiger partial charge is 0.162 e. The van der Waals surface area contributed by atoms with Gasteiger partial charge in [0.1, 0.15) is 0 Å². The van der Waals surface area contributed by atoms with Crippen LogP contribution >= 0.6 is 11.8 Å². The molecule has 0 unspecified atom stereocenters. The molecule has 0 heterocycles. The number of rotatable bonds is 7. The monoisotopic (exact) mass is 169 g/mol. The van der Waals surface area contributed by atoms with Crippen LogP contribution in [0.15, 0.2) is 0 Å². The Balaban J connectivity index is 2.75. The van der Waals surface area contributed by atoms with Gasteiger partial charge in [0.05, 0.1) is 0 Å². The summed E-state index contributed by atoms with van der Waals surface area (Å²) in [6.07, 6.45) is 11.2. The average Bonchev–Trinajstić information content (AvgIpc) is 2.03. The van der Waals surface area contributed by atoms with Crippen molar-refractivity contribution in [3.8, 4) is 12.3 Å². The molecule has 0 aliphatic carbocycles. The minimum Gasteiger partial charge on any atom is -0.162 e. The summed E-state index contributed by atoms with van der Waals surface area (Å²) in [6, 6.07) is 0. The van der Waals surface area contributed by atoms with Crippen molar-refractivity contribution in [3.05, 3.63) is 6.92 Å². The molecule has 0 nitrogen and oxygen atoms in total. The van der Waals surface area contributed by atoms with Gasteiger partial charge < -0.3 is 0 Å². The molecule has 0 aromatic rings. The maximum Gasteiger partial charge on any atom is 0.00860 e. The maximum atomic E-state index is 5.13. The van der Waals surface area contributed by atoms with Crippen LogP contribution in [0.4, 0.5) is 0 Å². The van der Waals surface area contributed by atoms with Crippen LogP contribution in [0.5, 0.6) is 0 Å². The molecule has 0 saturated heterocycles. The van der Waals surface area contributed by atoms with Crippen molar-refractivity contribution >= 4 is 11.8 Å². The van der Waals surface area contributed by atoms with Crippen molar-refractivity contribution < 1.29 is 0 Å². The number of hydrogen-bond donors (Lipinski definition) is 0. The summed E-state index contributed by atoms with van der Waals surface area (Å²) < 4.78 is 0. The molecule has 0 bridgehead atoms. The second kappa shape index (κ2) is 9.91. The molecule has 0 fully saturated rings. The summed E-state index contributed by atoms with van der Waals surface area (Å²) in [5, 5.41) is 0. The van der Waals surface area contributed by atoms with Gasteiger partial charge in [-0.3, -0.25) is 0 Å². The molecule has 0 atom stereocenters. The van der Waals surface area contributed by atoms with Crippen molar-refractivity contribution in [1.29, 1.82) is 0 Å². The molecule has 0 saturated carbocycles. The van der Waals surface area contributed by atoms with Gasteiger partial charge in [-0.05, 0) is 31.3 Å². The van der Waals surface area contributed by atoms with Gasteiger partial charge in [-0.15, -0.1) is 12.3 Å². The van der Waals surface area contributed by atoms with E-state index in [0.717, 1.165) is 12.2 Å². The molecule has 1 radical (unpaired) electrons. The molecule has 1 heteroatoms. The van der Waals surface area contributed by atoms with Gasteiger partial charge in [-0.2, -0.15) is 11.8 Å². The van der Waals surface area contributed by atoms with Gasteiger partial charge in [0.2, 0.25) is 0 Å². The van der Waals surface area contributed by atoms with E-state index in [9.17, 15) is 0 Å². The predicted molar refractivity (Wildman–Crippen MR) is 54.6 cm³/mol. The highest BCUT2D eigenvalue weighted by molar-refractivity contribution is 7.99.